The molecule has 0 radical (unpaired) electrons. The van der Waals surface area contributed by atoms with Gasteiger partial charge in [0.05, 0.1) is 4.90 Å². The predicted molar refractivity (Wildman–Crippen MR) is 92.8 cm³/mol. The van der Waals surface area contributed by atoms with Crippen molar-refractivity contribution < 1.29 is 18.0 Å². The van der Waals surface area contributed by atoms with Gasteiger partial charge in [-0.25, -0.2) is 8.42 Å². The van der Waals surface area contributed by atoms with Gasteiger partial charge in [0.1, 0.15) is 5.25 Å². The number of amides is 2. The number of halogens is 1. The number of hydrogen-bond donors (Lipinski definition) is 2. The van der Waals surface area contributed by atoms with Crippen LogP contribution in [0.3, 0.4) is 0 Å². The van der Waals surface area contributed by atoms with E-state index in [9.17, 15) is 18.0 Å². The molecule has 1 aromatic heterocycles. The Morgan fingerprint density at radius 2 is 1.83 bits per heavy atom. The van der Waals surface area contributed by atoms with Gasteiger partial charge in [0.15, 0.2) is 9.84 Å². The van der Waals surface area contributed by atoms with Gasteiger partial charge in [0.2, 0.25) is 0 Å². The summed E-state index contributed by atoms with van der Waals surface area (Å²) in [5.74, 6) is -1.71. The van der Waals surface area contributed by atoms with Crippen LogP contribution >= 0.6 is 22.9 Å². The minimum Gasteiger partial charge on any atom is -0.351 e. The highest BCUT2D eigenvalue weighted by Gasteiger charge is 2.31. The maximum Gasteiger partial charge on any atom is 0.309 e. The Labute approximate surface area is 148 Å². The van der Waals surface area contributed by atoms with Crippen LogP contribution in [0.15, 0.2) is 46.7 Å². The molecular formula is C15H15ClN2O4S2. The summed E-state index contributed by atoms with van der Waals surface area (Å²) in [6.45, 7) is -0.211. The Bertz CT molecular complexity index is 818. The van der Waals surface area contributed by atoms with Crippen molar-refractivity contribution >= 4 is 44.6 Å². The number of rotatable bonds is 5. The van der Waals surface area contributed by atoms with E-state index >= 15 is 0 Å². The second-order valence-corrected chi connectivity index (χ2v) is 8.34. The quantitative estimate of drug-likeness (QED) is 0.766. The largest absolute Gasteiger partial charge is 0.351 e. The molecule has 2 N–H and O–H groups in total. The monoisotopic (exact) mass is 386 g/mol. The van der Waals surface area contributed by atoms with Crippen LogP contribution in [-0.2, 0) is 19.4 Å². The van der Waals surface area contributed by atoms with Gasteiger partial charge in [-0.3, -0.25) is 9.59 Å². The van der Waals surface area contributed by atoms with Crippen LogP contribution in [0, 0.1) is 0 Å². The molecule has 128 valence electrons. The first-order chi connectivity index (χ1) is 11.4. The third kappa shape index (κ3) is 4.14. The van der Waals surface area contributed by atoms with Gasteiger partial charge in [-0.2, -0.15) is 0 Å². The third-order valence-corrected chi connectivity index (χ3v) is 6.74. The summed E-state index contributed by atoms with van der Waals surface area (Å²) in [6.07, 6.45) is 0. The lowest BCUT2D eigenvalue weighted by atomic mass is 10.3. The van der Waals surface area contributed by atoms with E-state index in [2.05, 4.69) is 10.6 Å². The number of carbonyl (C=O) groups excluding carboxylic acids is 2. The standard InChI is InChI=1S/C15H15ClN2O4S2/c1-17-14(19)15(20)18-9-13(12-3-2-8-23-12)24(21,22)11-6-4-10(16)5-7-11/h2-8,13H,9H2,1H3,(H,17,19)(H,18,20)/t13-/m0/s1. The van der Waals surface area contributed by atoms with Gasteiger partial charge in [-0.05, 0) is 35.7 Å². The maximum absolute atomic E-state index is 12.9. The van der Waals surface area contributed by atoms with Gasteiger partial charge >= 0.3 is 11.8 Å². The van der Waals surface area contributed by atoms with Crippen LogP contribution in [0.1, 0.15) is 10.1 Å². The Kier molecular flexibility index (Phi) is 5.98. The molecule has 0 aliphatic carbocycles. The summed E-state index contributed by atoms with van der Waals surface area (Å²) in [7, 11) is -2.44. The molecular weight excluding hydrogens is 372 g/mol. The van der Waals surface area contributed by atoms with Gasteiger partial charge in [0.25, 0.3) is 0 Å². The summed E-state index contributed by atoms with van der Waals surface area (Å²) >= 11 is 7.06. The van der Waals surface area contributed by atoms with Crippen LogP contribution in [0.4, 0.5) is 0 Å². The molecule has 0 spiro atoms. The predicted octanol–water partition coefficient (Wildman–Crippen LogP) is 1.78. The van der Waals surface area contributed by atoms with Crippen LogP contribution in [-0.4, -0.2) is 33.8 Å². The van der Waals surface area contributed by atoms with Crippen molar-refractivity contribution in [2.24, 2.45) is 0 Å². The molecule has 0 fully saturated rings. The lowest BCUT2D eigenvalue weighted by molar-refractivity contribution is -0.138. The molecule has 24 heavy (non-hydrogen) atoms. The number of benzene rings is 1. The van der Waals surface area contributed by atoms with Gasteiger partial charge in [-0.1, -0.05) is 17.7 Å². The SMILES string of the molecule is CNC(=O)C(=O)NC[C@@H](c1cccs1)S(=O)(=O)c1ccc(Cl)cc1. The number of hydrogen-bond acceptors (Lipinski definition) is 5. The van der Waals surface area contributed by atoms with Crippen LogP contribution in [0.25, 0.3) is 0 Å². The lowest BCUT2D eigenvalue weighted by Crippen LogP contribution is -2.40. The van der Waals surface area contributed by atoms with E-state index in [-0.39, 0.29) is 11.4 Å². The first-order valence-electron chi connectivity index (χ1n) is 6.89. The molecule has 0 saturated heterocycles. The van der Waals surface area contributed by atoms with Gasteiger partial charge < -0.3 is 10.6 Å². The summed E-state index contributed by atoms with van der Waals surface area (Å²) in [5, 5.41) is 5.73. The number of sulfone groups is 1. The fourth-order valence-corrected chi connectivity index (χ4v) is 4.92. The second-order valence-electron chi connectivity index (χ2n) is 4.79. The van der Waals surface area contributed by atoms with E-state index in [1.807, 2.05) is 0 Å². The van der Waals surface area contributed by atoms with Crippen molar-refractivity contribution in [3.05, 3.63) is 51.7 Å². The maximum atomic E-state index is 12.9. The molecule has 6 nitrogen and oxygen atoms in total. The van der Waals surface area contributed by atoms with Gasteiger partial charge in [-0.15, -0.1) is 11.3 Å². The highest BCUT2D eigenvalue weighted by atomic mass is 35.5. The van der Waals surface area contributed by atoms with Crippen molar-refractivity contribution in [2.45, 2.75) is 10.1 Å². The van der Waals surface area contributed by atoms with Crippen molar-refractivity contribution in [2.75, 3.05) is 13.6 Å². The fraction of sp³-hybridized carbons (Fsp3) is 0.200. The molecule has 0 unspecified atom stereocenters. The molecule has 0 bridgehead atoms. The van der Waals surface area contributed by atoms with E-state index in [1.54, 1.807) is 17.5 Å². The van der Waals surface area contributed by atoms with Crippen LogP contribution in [0.5, 0.6) is 0 Å². The molecule has 0 aliphatic rings. The van der Waals surface area contributed by atoms with E-state index in [0.717, 1.165) is 0 Å². The zero-order chi connectivity index (χ0) is 17.7. The average Bonchev–Trinajstić information content (AvgIpc) is 3.08. The molecule has 1 aromatic carbocycles. The van der Waals surface area contributed by atoms with E-state index in [1.165, 1.54) is 42.6 Å². The first-order valence-corrected chi connectivity index (χ1v) is 9.69. The molecule has 2 amide bonds. The Morgan fingerprint density at radius 3 is 2.38 bits per heavy atom. The zero-order valence-corrected chi connectivity index (χ0v) is 15.0. The van der Waals surface area contributed by atoms with Crippen LogP contribution < -0.4 is 10.6 Å². The fourth-order valence-electron chi connectivity index (χ4n) is 2.01. The molecule has 2 rings (SSSR count). The molecule has 1 atom stereocenters. The van der Waals surface area contributed by atoms with Gasteiger partial charge in [0, 0.05) is 23.5 Å². The lowest BCUT2D eigenvalue weighted by Gasteiger charge is -2.17. The van der Waals surface area contributed by atoms with Crippen molar-refractivity contribution in [1.29, 1.82) is 0 Å². The van der Waals surface area contributed by atoms with Crippen molar-refractivity contribution in [3.63, 3.8) is 0 Å². The molecule has 2 aromatic rings. The Morgan fingerprint density at radius 1 is 1.17 bits per heavy atom. The summed E-state index contributed by atoms with van der Waals surface area (Å²) < 4.78 is 25.8. The highest BCUT2D eigenvalue weighted by molar-refractivity contribution is 7.91. The smallest absolute Gasteiger partial charge is 0.309 e. The number of carbonyl (C=O) groups is 2. The number of nitrogens with one attached hydrogen (secondary N) is 2. The van der Waals surface area contributed by atoms with Crippen LogP contribution in [0.2, 0.25) is 5.02 Å². The highest BCUT2D eigenvalue weighted by Crippen LogP contribution is 2.31. The molecule has 0 saturated carbocycles. The van der Waals surface area contributed by atoms with E-state index < -0.39 is 26.9 Å². The summed E-state index contributed by atoms with van der Waals surface area (Å²) in [4.78, 5) is 23.6. The minimum absolute atomic E-state index is 0.0968. The van der Waals surface area contributed by atoms with Crippen molar-refractivity contribution in [1.82, 2.24) is 10.6 Å². The minimum atomic E-state index is -3.76. The Balaban J connectivity index is 2.31. The summed E-state index contributed by atoms with van der Waals surface area (Å²) in [6, 6.07) is 9.21. The zero-order valence-electron chi connectivity index (χ0n) is 12.7. The molecule has 1 heterocycles. The molecule has 0 aliphatic heterocycles. The number of thiophene rings is 1. The normalized spacial score (nSPS) is 12.4. The Hall–Kier alpha value is -1.90. The average molecular weight is 387 g/mol. The first kappa shape index (κ1) is 18.4. The van der Waals surface area contributed by atoms with E-state index in [0.29, 0.717) is 9.90 Å². The van der Waals surface area contributed by atoms with E-state index in [4.69, 9.17) is 11.6 Å². The molecule has 9 heteroatoms. The summed E-state index contributed by atoms with van der Waals surface area (Å²) in [5.41, 5.74) is 0. The number of likely N-dealkylation sites (N-methyl/N-ethyl adjacent to an activating group) is 1. The second kappa shape index (κ2) is 7.78. The topological polar surface area (TPSA) is 92.3 Å². The van der Waals surface area contributed by atoms with Crippen molar-refractivity contribution in [3.8, 4) is 0 Å². The third-order valence-electron chi connectivity index (χ3n) is 3.26.